The normalized spacial score (nSPS) is 23.1. The molecule has 3 heterocycles. The SMILES string of the molecule is Cc1ccc(C(=O)N2CC[C@@]3(CCCN(Cc4ccccc4F)C3)C2)cn1. The summed E-state index contributed by atoms with van der Waals surface area (Å²) in [6.07, 6.45) is 4.93. The smallest absolute Gasteiger partial charge is 0.255 e. The molecule has 142 valence electrons. The summed E-state index contributed by atoms with van der Waals surface area (Å²) in [5.41, 5.74) is 2.47. The lowest BCUT2D eigenvalue weighted by Gasteiger charge is -2.40. The molecule has 5 heteroatoms. The Morgan fingerprint density at radius 2 is 2.00 bits per heavy atom. The summed E-state index contributed by atoms with van der Waals surface area (Å²) >= 11 is 0. The van der Waals surface area contributed by atoms with Gasteiger partial charge in [-0.1, -0.05) is 18.2 Å². The summed E-state index contributed by atoms with van der Waals surface area (Å²) in [7, 11) is 0. The van der Waals surface area contributed by atoms with Gasteiger partial charge in [-0.05, 0) is 50.9 Å². The zero-order valence-corrected chi connectivity index (χ0v) is 15.8. The van der Waals surface area contributed by atoms with E-state index in [2.05, 4.69) is 9.88 Å². The number of halogens is 1. The summed E-state index contributed by atoms with van der Waals surface area (Å²) in [5, 5.41) is 0. The molecule has 0 aliphatic carbocycles. The molecule has 0 bridgehead atoms. The molecule has 1 aromatic heterocycles. The fourth-order valence-corrected chi connectivity index (χ4v) is 4.53. The van der Waals surface area contributed by atoms with Gasteiger partial charge in [0, 0.05) is 49.0 Å². The molecule has 1 atom stereocenters. The number of nitrogens with zero attached hydrogens (tertiary/aromatic N) is 3. The minimum Gasteiger partial charge on any atom is -0.338 e. The molecule has 2 aromatic rings. The highest BCUT2D eigenvalue weighted by molar-refractivity contribution is 5.94. The van der Waals surface area contributed by atoms with Crippen LogP contribution in [-0.4, -0.2) is 46.9 Å². The Labute approximate surface area is 160 Å². The number of aryl methyl sites for hydroxylation is 1. The molecule has 2 aliphatic heterocycles. The van der Waals surface area contributed by atoms with Gasteiger partial charge in [0.2, 0.25) is 0 Å². The first-order valence-corrected chi connectivity index (χ1v) is 9.72. The van der Waals surface area contributed by atoms with Gasteiger partial charge in [0.15, 0.2) is 0 Å². The molecule has 1 amide bonds. The van der Waals surface area contributed by atoms with Crippen LogP contribution >= 0.6 is 0 Å². The van der Waals surface area contributed by atoms with Crippen molar-refractivity contribution in [2.45, 2.75) is 32.7 Å². The molecule has 2 aliphatic rings. The second-order valence-corrected chi connectivity index (χ2v) is 8.07. The second-order valence-electron chi connectivity index (χ2n) is 8.07. The van der Waals surface area contributed by atoms with Crippen molar-refractivity contribution in [2.75, 3.05) is 26.2 Å². The van der Waals surface area contributed by atoms with Crippen LogP contribution in [0.2, 0.25) is 0 Å². The molecule has 4 nitrogen and oxygen atoms in total. The van der Waals surface area contributed by atoms with Crippen LogP contribution in [0.25, 0.3) is 0 Å². The Hall–Kier alpha value is -2.27. The number of hydrogen-bond donors (Lipinski definition) is 0. The first-order chi connectivity index (χ1) is 13.0. The number of carbonyl (C=O) groups excluding carboxylic acids is 1. The van der Waals surface area contributed by atoms with Crippen molar-refractivity contribution in [3.63, 3.8) is 0 Å². The van der Waals surface area contributed by atoms with Gasteiger partial charge in [0.05, 0.1) is 5.56 Å². The van der Waals surface area contributed by atoms with E-state index in [1.54, 1.807) is 12.3 Å². The molecule has 1 spiro atoms. The van der Waals surface area contributed by atoms with Crippen LogP contribution in [0, 0.1) is 18.2 Å². The molecule has 2 saturated heterocycles. The third kappa shape index (κ3) is 3.88. The maximum absolute atomic E-state index is 14.0. The summed E-state index contributed by atoms with van der Waals surface area (Å²) < 4.78 is 14.0. The molecule has 1 aromatic carbocycles. The lowest BCUT2D eigenvalue weighted by Crippen LogP contribution is -2.45. The van der Waals surface area contributed by atoms with Gasteiger partial charge in [-0.3, -0.25) is 14.7 Å². The highest BCUT2D eigenvalue weighted by Gasteiger charge is 2.42. The molecule has 0 N–H and O–H groups in total. The van der Waals surface area contributed by atoms with Gasteiger partial charge in [-0.2, -0.15) is 0 Å². The third-order valence-electron chi connectivity index (χ3n) is 5.98. The Balaban J connectivity index is 1.42. The number of rotatable bonds is 3. The summed E-state index contributed by atoms with van der Waals surface area (Å²) in [4.78, 5) is 21.4. The van der Waals surface area contributed by atoms with Gasteiger partial charge in [0.25, 0.3) is 5.91 Å². The van der Waals surface area contributed by atoms with Crippen LogP contribution in [0.15, 0.2) is 42.6 Å². The van der Waals surface area contributed by atoms with E-state index in [4.69, 9.17) is 0 Å². The molecular formula is C22H26FN3O. The molecule has 4 rings (SSSR count). The number of hydrogen-bond acceptors (Lipinski definition) is 3. The Kier molecular flexibility index (Phi) is 4.96. The average Bonchev–Trinajstić information content (AvgIpc) is 3.07. The molecular weight excluding hydrogens is 341 g/mol. The fraction of sp³-hybridized carbons (Fsp3) is 0.455. The van der Waals surface area contributed by atoms with E-state index in [0.29, 0.717) is 12.1 Å². The van der Waals surface area contributed by atoms with Crippen molar-refractivity contribution >= 4 is 5.91 Å². The van der Waals surface area contributed by atoms with E-state index < -0.39 is 0 Å². The van der Waals surface area contributed by atoms with E-state index in [0.717, 1.165) is 56.7 Å². The number of likely N-dealkylation sites (tertiary alicyclic amines) is 2. The van der Waals surface area contributed by atoms with Crippen molar-refractivity contribution in [3.05, 3.63) is 65.2 Å². The van der Waals surface area contributed by atoms with E-state index >= 15 is 0 Å². The lowest BCUT2D eigenvalue weighted by atomic mass is 9.79. The molecule has 2 fully saturated rings. The molecule has 27 heavy (non-hydrogen) atoms. The number of amides is 1. The highest BCUT2D eigenvalue weighted by Crippen LogP contribution is 2.39. The first kappa shape index (κ1) is 18.1. The molecule has 0 saturated carbocycles. The van der Waals surface area contributed by atoms with Gasteiger partial charge >= 0.3 is 0 Å². The summed E-state index contributed by atoms with van der Waals surface area (Å²) in [5.74, 6) is -0.0576. The van der Waals surface area contributed by atoms with Crippen LogP contribution in [0.5, 0.6) is 0 Å². The van der Waals surface area contributed by atoms with Crippen LogP contribution in [-0.2, 0) is 6.54 Å². The predicted octanol–water partition coefficient (Wildman–Crippen LogP) is 3.66. The minimum absolute atomic E-state index is 0.0746. The maximum Gasteiger partial charge on any atom is 0.255 e. The van der Waals surface area contributed by atoms with Gasteiger partial charge in [-0.25, -0.2) is 4.39 Å². The Morgan fingerprint density at radius 1 is 1.15 bits per heavy atom. The van der Waals surface area contributed by atoms with Crippen LogP contribution in [0.3, 0.4) is 0 Å². The number of aromatic nitrogens is 1. The van der Waals surface area contributed by atoms with Crippen molar-refractivity contribution in [1.29, 1.82) is 0 Å². The quantitative estimate of drug-likeness (QED) is 0.831. The summed E-state index contributed by atoms with van der Waals surface area (Å²) in [6.45, 7) is 6.06. The molecule has 0 radical (unpaired) electrons. The van der Waals surface area contributed by atoms with E-state index in [-0.39, 0.29) is 17.1 Å². The van der Waals surface area contributed by atoms with E-state index in [1.807, 2.05) is 36.1 Å². The number of benzene rings is 1. The monoisotopic (exact) mass is 367 g/mol. The Morgan fingerprint density at radius 3 is 2.78 bits per heavy atom. The van der Waals surface area contributed by atoms with Crippen LogP contribution < -0.4 is 0 Å². The summed E-state index contributed by atoms with van der Waals surface area (Å²) in [6, 6.07) is 10.8. The highest BCUT2D eigenvalue weighted by atomic mass is 19.1. The average molecular weight is 367 g/mol. The van der Waals surface area contributed by atoms with Crippen LogP contribution in [0.1, 0.15) is 40.9 Å². The Bertz CT molecular complexity index is 823. The van der Waals surface area contributed by atoms with Gasteiger partial charge in [-0.15, -0.1) is 0 Å². The van der Waals surface area contributed by atoms with Crippen molar-refractivity contribution in [3.8, 4) is 0 Å². The van der Waals surface area contributed by atoms with Crippen molar-refractivity contribution in [1.82, 2.24) is 14.8 Å². The van der Waals surface area contributed by atoms with Crippen molar-refractivity contribution < 1.29 is 9.18 Å². The van der Waals surface area contributed by atoms with E-state index in [9.17, 15) is 9.18 Å². The third-order valence-corrected chi connectivity index (χ3v) is 5.98. The zero-order chi connectivity index (χ0) is 18.9. The van der Waals surface area contributed by atoms with Gasteiger partial charge < -0.3 is 4.90 Å². The minimum atomic E-state index is -0.132. The standard InChI is InChI=1S/C22H26FN3O/c1-17-7-8-18(13-24-17)21(27)26-12-10-22(16-26)9-4-11-25(15-22)14-19-5-2-3-6-20(19)23/h2-3,5-8,13H,4,9-12,14-16H2,1H3/t22-/m1/s1. The second kappa shape index (κ2) is 7.39. The first-order valence-electron chi connectivity index (χ1n) is 9.72. The number of pyridine rings is 1. The lowest BCUT2D eigenvalue weighted by molar-refractivity contribution is 0.0673. The predicted molar refractivity (Wildman–Crippen MR) is 103 cm³/mol. The zero-order valence-electron chi connectivity index (χ0n) is 15.8. The largest absolute Gasteiger partial charge is 0.338 e. The topological polar surface area (TPSA) is 36.4 Å². The van der Waals surface area contributed by atoms with Crippen LogP contribution in [0.4, 0.5) is 4.39 Å². The number of piperidine rings is 1. The number of carbonyl (C=O) groups is 1. The van der Waals surface area contributed by atoms with Gasteiger partial charge in [0.1, 0.15) is 5.82 Å². The molecule has 0 unspecified atom stereocenters. The maximum atomic E-state index is 14.0. The van der Waals surface area contributed by atoms with E-state index in [1.165, 1.54) is 6.07 Å². The van der Waals surface area contributed by atoms with Crippen molar-refractivity contribution in [2.24, 2.45) is 5.41 Å². The fourth-order valence-electron chi connectivity index (χ4n) is 4.53.